The maximum absolute atomic E-state index is 12.3. The van der Waals surface area contributed by atoms with Gasteiger partial charge < -0.3 is 25.8 Å². The van der Waals surface area contributed by atoms with Crippen molar-refractivity contribution < 1.29 is 4.79 Å². The van der Waals surface area contributed by atoms with Gasteiger partial charge in [0.25, 0.3) is 0 Å². The van der Waals surface area contributed by atoms with E-state index in [1.807, 2.05) is 66.1 Å². The number of anilines is 6. The quantitative estimate of drug-likeness (QED) is 0.237. The van der Waals surface area contributed by atoms with Crippen molar-refractivity contribution in [3.63, 3.8) is 0 Å². The molecule has 1 aliphatic rings. The molecule has 10 heteroatoms. The molecule has 3 aromatic carbocycles. The molecule has 3 N–H and O–H groups in total. The molecule has 1 aliphatic heterocycles. The van der Waals surface area contributed by atoms with Gasteiger partial charge in [-0.15, -0.1) is 0 Å². The third kappa shape index (κ3) is 5.82. The van der Waals surface area contributed by atoms with E-state index >= 15 is 0 Å². The lowest BCUT2D eigenvalue weighted by atomic mass is 10.2. The van der Waals surface area contributed by atoms with Crippen LogP contribution in [0, 0.1) is 0 Å². The van der Waals surface area contributed by atoms with Gasteiger partial charge in [-0.25, -0.2) is 9.97 Å². The van der Waals surface area contributed by atoms with Gasteiger partial charge >= 0.3 is 0 Å². The van der Waals surface area contributed by atoms with E-state index in [1.165, 1.54) is 5.69 Å². The SMILES string of the molecule is CCC(=O)Nc1ccccc1-n1c(Nc2ccccc2)nc2cnc(Nc3ccc(N4CCN(C)CC4)cc3)nc21. The first-order valence-corrected chi connectivity index (χ1v) is 13.8. The molecule has 41 heavy (non-hydrogen) atoms. The minimum atomic E-state index is -0.0727. The molecular weight excluding hydrogens is 514 g/mol. The Balaban J connectivity index is 1.35. The lowest BCUT2D eigenvalue weighted by Gasteiger charge is -2.34. The highest BCUT2D eigenvalue weighted by molar-refractivity contribution is 5.93. The van der Waals surface area contributed by atoms with E-state index in [4.69, 9.17) is 9.97 Å². The summed E-state index contributed by atoms with van der Waals surface area (Å²) < 4.78 is 1.91. The van der Waals surface area contributed by atoms with Crippen LogP contribution in [0.2, 0.25) is 0 Å². The molecular formula is C31H33N9O. The predicted octanol–water partition coefficient (Wildman–Crippen LogP) is 5.40. The Morgan fingerprint density at radius 2 is 1.54 bits per heavy atom. The Kier molecular flexibility index (Phi) is 7.46. The number of rotatable bonds is 8. The molecule has 6 rings (SSSR count). The van der Waals surface area contributed by atoms with Crippen LogP contribution >= 0.6 is 0 Å². The van der Waals surface area contributed by atoms with Gasteiger partial charge in [0.1, 0.15) is 5.52 Å². The number of aromatic nitrogens is 4. The fourth-order valence-corrected chi connectivity index (χ4v) is 4.86. The zero-order chi connectivity index (χ0) is 28.2. The molecule has 5 aromatic rings. The van der Waals surface area contributed by atoms with Crippen molar-refractivity contribution in [1.82, 2.24) is 24.4 Å². The molecule has 0 unspecified atom stereocenters. The first-order chi connectivity index (χ1) is 20.1. The molecule has 1 amide bonds. The second-order valence-corrected chi connectivity index (χ2v) is 10.0. The largest absolute Gasteiger partial charge is 0.369 e. The van der Waals surface area contributed by atoms with E-state index in [-0.39, 0.29) is 5.91 Å². The fourth-order valence-electron chi connectivity index (χ4n) is 4.86. The molecule has 0 radical (unpaired) electrons. The minimum Gasteiger partial charge on any atom is -0.369 e. The number of likely N-dealkylation sites (N-methyl/N-ethyl adjacent to an activating group) is 1. The normalized spacial score (nSPS) is 13.8. The average molecular weight is 548 g/mol. The Hall–Kier alpha value is -4.96. The van der Waals surface area contributed by atoms with Crippen molar-refractivity contribution >= 4 is 51.7 Å². The number of imidazole rings is 1. The second kappa shape index (κ2) is 11.6. The van der Waals surface area contributed by atoms with Gasteiger partial charge in [0.05, 0.1) is 17.6 Å². The molecule has 208 valence electrons. The number of carbonyl (C=O) groups is 1. The van der Waals surface area contributed by atoms with Crippen LogP contribution < -0.4 is 20.9 Å². The monoisotopic (exact) mass is 547 g/mol. The Bertz CT molecular complexity index is 1640. The first-order valence-electron chi connectivity index (χ1n) is 13.8. The van der Waals surface area contributed by atoms with Crippen LogP contribution in [-0.4, -0.2) is 63.6 Å². The van der Waals surface area contributed by atoms with Gasteiger partial charge in [-0.3, -0.25) is 9.36 Å². The molecule has 0 bridgehead atoms. The highest BCUT2D eigenvalue weighted by atomic mass is 16.1. The average Bonchev–Trinajstić information content (AvgIpc) is 3.35. The number of fused-ring (bicyclic) bond motifs is 1. The summed E-state index contributed by atoms with van der Waals surface area (Å²) in [6, 6.07) is 25.8. The number of carbonyl (C=O) groups excluding carboxylic acids is 1. The Morgan fingerprint density at radius 3 is 2.29 bits per heavy atom. The van der Waals surface area contributed by atoms with Crippen LogP contribution in [0.3, 0.4) is 0 Å². The zero-order valence-corrected chi connectivity index (χ0v) is 23.2. The molecule has 0 aliphatic carbocycles. The highest BCUT2D eigenvalue weighted by Gasteiger charge is 2.19. The molecule has 3 heterocycles. The van der Waals surface area contributed by atoms with E-state index in [0.717, 1.165) is 43.2 Å². The maximum atomic E-state index is 12.3. The van der Waals surface area contributed by atoms with E-state index in [9.17, 15) is 4.79 Å². The summed E-state index contributed by atoms with van der Waals surface area (Å²) >= 11 is 0. The number of hydrogen-bond acceptors (Lipinski definition) is 8. The van der Waals surface area contributed by atoms with Crippen LogP contribution in [0.1, 0.15) is 13.3 Å². The first kappa shape index (κ1) is 26.3. The fraction of sp³-hybridized carbons (Fsp3) is 0.226. The van der Waals surface area contributed by atoms with Gasteiger partial charge in [0, 0.05) is 49.7 Å². The summed E-state index contributed by atoms with van der Waals surface area (Å²) in [5.74, 6) is 0.941. The smallest absolute Gasteiger partial charge is 0.229 e. The maximum Gasteiger partial charge on any atom is 0.229 e. The third-order valence-electron chi connectivity index (χ3n) is 7.16. The van der Waals surface area contributed by atoms with Gasteiger partial charge in [0.15, 0.2) is 5.65 Å². The Morgan fingerprint density at radius 1 is 0.829 bits per heavy atom. The number of amides is 1. The number of para-hydroxylation sites is 3. The van der Waals surface area contributed by atoms with E-state index in [2.05, 4.69) is 62.0 Å². The van der Waals surface area contributed by atoms with Crippen molar-refractivity contribution in [2.75, 3.05) is 54.1 Å². The zero-order valence-electron chi connectivity index (χ0n) is 23.2. The standard InChI is InChI=1S/C31H33N9O/c1-3-28(41)35-25-11-7-8-12-27(25)40-29-26(36-31(40)34-22-9-5-4-6-10-22)21-32-30(37-29)33-23-13-15-24(16-14-23)39-19-17-38(2)18-20-39/h4-16,21H,3,17-20H2,1-2H3,(H,34,36)(H,35,41)(H,32,33,37). The lowest BCUT2D eigenvalue weighted by Crippen LogP contribution is -2.44. The number of benzene rings is 3. The van der Waals surface area contributed by atoms with Crippen molar-refractivity contribution in [3.8, 4) is 5.69 Å². The number of piperazine rings is 1. The van der Waals surface area contributed by atoms with E-state index < -0.39 is 0 Å². The van der Waals surface area contributed by atoms with Crippen molar-refractivity contribution in [3.05, 3.63) is 85.1 Å². The van der Waals surface area contributed by atoms with Crippen LogP contribution in [0.15, 0.2) is 85.1 Å². The number of hydrogen-bond donors (Lipinski definition) is 3. The van der Waals surface area contributed by atoms with Crippen molar-refractivity contribution in [2.45, 2.75) is 13.3 Å². The Labute approximate surface area is 239 Å². The minimum absolute atomic E-state index is 0.0727. The summed E-state index contributed by atoms with van der Waals surface area (Å²) in [5.41, 5.74) is 5.63. The van der Waals surface area contributed by atoms with Gasteiger partial charge in [0.2, 0.25) is 17.8 Å². The van der Waals surface area contributed by atoms with Crippen LogP contribution in [0.25, 0.3) is 16.9 Å². The second-order valence-electron chi connectivity index (χ2n) is 10.0. The lowest BCUT2D eigenvalue weighted by molar-refractivity contribution is -0.115. The number of nitrogens with zero attached hydrogens (tertiary/aromatic N) is 6. The van der Waals surface area contributed by atoms with Gasteiger partial charge in [-0.1, -0.05) is 37.3 Å². The third-order valence-corrected chi connectivity index (χ3v) is 7.16. The van der Waals surface area contributed by atoms with Crippen LogP contribution in [0.5, 0.6) is 0 Å². The van der Waals surface area contributed by atoms with Crippen molar-refractivity contribution in [1.29, 1.82) is 0 Å². The highest BCUT2D eigenvalue weighted by Crippen LogP contribution is 2.31. The summed E-state index contributed by atoms with van der Waals surface area (Å²) in [6.45, 7) is 6.00. The van der Waals surface area contributed by atoms with Crippen LogP contribution in [-0.2, 0) is 4.79 Å². The van der Waals surface area contributed by atoms with Gasteiger partial charge in [-0.05, 0) is 55.6 Å². The topological polar surface area (TPSA) is 103 Å². The van der Waals surface area contributed by atoms with E-state index in [1.54, 1.807) is 6.20 Å². The molecule has 0 spiro atoms. The summed E-state index contributed by atoms with van der Waals surface area (Å²) in [4.78, 5) is 31.3. The molecule has 10 nitrogen and oxygen atoms in total. The molecule has 0 saturated carbocycles. The molecule has 1 fully saturated rings. The number of nitrogens with one attached hydrogen (secondary N) is 3. The molecule has 0 atom stereocenters. The molecule has 1 saturated heterocycles. The van der Waals surface area contributed by atoms with E-state index in [0.29, 0.717) is 35.2 Å². The predicted molar refractivity (Wildman–Crippen MR) is 165 cm³/mol. The summed E-state index contributed by atoms with van der Waals surface area (Å²) in [5, 5.41) is 9.77. The molecule has 2 aromatic heterocycles. The van der Waals surface area contributed by atoms with Crippen LogP contribution in [0.4, 0.5) is 34.6 Å². The van der Waals surface area contributed by atoms with Gasteiger partial charge in [-0.2, -0.15) is 4.98 Å². The summed E-state index contributed by atoms with van der Waals surface area (Å²) in [6.07, 6.45) is 2.08. The van der Waals surface area contributed by atoms with Crippen molar-refractivity contribution in [2.24, 2.45) is 0 Å². The summed E-state index contributed by atoms with van der Waals surface area (Å²) in [7, 11) is 2.16.